The number of hydrazine groups is 1. The van der Waals surface area contributed by atoms with Crippen molar-refractivity contribution in [3.63, 3.8) is 0 Å². The largest absolute Gasteiger partial charge is 0.495 e. The van der Waals surface area contributed by atoms with Gasteiger partial charge in [0.25, 0.3) is 5.91 Å². The fraction of sp³-hybridized carbons (Fsp3) is 0.458. The third-order valence-corrected chi connectivity index (χ3v) is 5.57. The molecule has 1 amide bonds. The van der Waals surface area contributed by atoms with Crippen molar-refractivity contribution in [2.75, 3.05) is 70.9 Å². The lowest BCUT2D eigenvalue weighted by atomic mass is 10.1. The predicted octanol–water partition coefficient (Wildman–Crippen LogP) is 3.36. The van der Waals surface area contributed by atoms with Crippen molar-refractivity contribution >= 4 is 17.3 Å². The Morgan fingerprint density at radius 3 is 2.19 bits per heavy atom. The lowest BCUT2D eigenvalue weighted by Gasteiger charge is -2.44. The third kappa shape index (κ3) is 4.88. The van der Waals surface area contributed by atoms with Crippen LogP contribution in [-0.2, 0) is 0 Å². The van der Waals surface area contributed by atoms with Crippen molar-refractivity contribution in [2.24, 2.45) is 0 Å². The maximum atomic E-state index is 12.9. The van der Waals surface area contributed by atoms with E-state index in [0.717, 1.165) is 56.3 Å². The van der Waals surface area contributed by atoms with Crippen LogP contribution in [0.15, 0.2) is 42.5 Å². The highest BCUT2D eigenvalue weighted by Gasteiger charge is 2.29. The van der Waals surface area contributed by atoms with E-state index in [-0.39, 0.29) is 5.91 Å². The molecule has 0 unspecified atom stereocenters. The molecule has 2 aromatic rings. The van der Waals surface area contributed by atoms with Crippen LogP contribution in [0.2, 0.25) is 0 Å². The molecule has 7 heteroatoms. The van der Waals surface area contributed by atoms with Crippen LogP contribution in [0, 0.1) is 0 Å². The van der Waals surface area contributed by atoms with E-state index in [2.05, 4.69) is 27.9 Å². The zero-order chi connectivity index (χ0) is 22.4. The second-order valence-electron chi connectivity index (χ2n) is 7.79. The second kappa shape index (κ2) is 10.4. The first-order chi connectivity index (χ1) is 15.0. The zero-order valence-corrected chi connectivity index (χ0v) is 19.3. The summed E-state index contributed by atoms with van der Waals surface area (Å²) >= 11 is 0. The number of hydrogen-bond donors (Lipinski definition) is 0. The molecule has 7 nitrogen and oxygen atoms in total. The van der Waals surface area contributed by atoms with E-state index in [1.807, 2.05) is 36.4 Å². The molecule has 3 rings (SSSR count). The fourth-order valence-electron chi connectivity index (χ4n) is 4.04. The van der Waals surface area contributed by atoms with E-state index >= 15 is 0 Å². The molecule has 0 aliphatic carbocycles. The second-order valence-corrected chi connectivity index (χ2v) is 7.79. The first-order valence-corrected chi connectivity index (χ1v) is 10.8. The molecule has 1 saturated heterocycles. The Hall–Kier alpha value is -2.93. The van der Waals surface area contributed by atoms with Crippen molar-refractivity contribution in [2.45, 2.75) is 13.3 Å². The number of methoxy groups -OCH3 is 2. The SMILES string of the molecule is CCCN(c1c(OC)cccc1C(=O)N(C)C)N1CCN(c2ccccc2OC)CC1. The van der Waals surface area contributed by atoms with Gasteiger partial charge >= 0.3 is 0 Å². The summed E-state index contributed by atoms with van der Waals surface area (Å²) < 4.78 is 11.2. The average Bonchev–Trinajstić information content (AvgIpc) is 2.81. The Kier molecular flexibility index (Phi) is 7.63. The van der Waals surface area contributed by atoms with Gasteiger partial charge in [-0.25, -0.2) is 5.01 Å². The van der Waals surface area contributed by atoms with E-state index in [0.29, 0.717) is 11.3 Å². The fourth-order valence-corrected chi connectivity index (χ4v) is 4.04. The molecule has 1 heterocycles. The van der Waals surface area contributed by atoms with Crippen molar-refractivity contribution in [1.29, 1.82) is 0 Å². The molecule has 168 valence electrons. The molecular weight excluding hydrogens is 392 g/mol. The minimum absolute atomic E-state index is 0.0253. The quantitative estimate of drug-likeness (QED) is 0.645. The van der Waals surface area contributed by atoms with Crippen LogP contribution in [0.25, 0.3) is 0 Å². The van der Waals surface area contributed by atoms with E-state index in [1.165, 1.54) is 0 Å². The molecule has 2 aromatic carbocycles. The van der Waals surface area contributed by atoms with E-state index < -0.39 is 0 Å². The minimum atomic E-state index is -0.0253. The van der Waals surface area contributed by atoms with Crippen LogP contribution in [-0.4, -0.2) is 76.9 Å². The molecule has 0 radical (unpaired) electrons. The number of benzene rings is 2. The number of para-hydroxylation sites is 3. The molecule has 0 bridgehead atoms. The lowest BCUT2D eigenvalue weighted by molar-refractivity contribution is 0.0826. The smallest absolute Gasteiger partial charge is 0.255 e. The zero-order valence-electron chi connectivity index (χ0n) is 19.3. The normalized spacial score (nSPS) is 14.3. The van der Waals surface area contributed by atoms with Crippen LogP contribution in [0.3, 0.4) is 0 Å². The monoisotopic (exact) mass is 426 g/mol. The summed E-state index contributed by atoms with van der Waals surface area (Å²) in [5.41, 5.74) is 2.62. The molecule has 1 aliphatic heterocycles. The van der Waals surface area contributed by atoms with Gasteiger partial charge in [-0.05, 0) is 30.7 Å². The number of anilines is 2. The van der Waals surface area contributed by atoms with Gasteiger partial charge in [0.2, 0.25) is 0 Å². The number of hydrogen-bond acceptors (Lipinski definition) is 6. The highest BCUT2D eigenvalue weighted by Crippen LogP contribution is 2.35. The average molecular weight is 427 g/mol. The standard InChI is InChI=1S/C24H34N4O3/c1-6-14-28(23-19(24(29)25(2)3)10-9-13-22(23)31-5)27-17-15-26(16-18-27)20-11-7-8-12-21(20)30-4/h7-13H,6,14-18H2,1-5H3. The van der Waals surface area contributed by atoms with Crippen molar-refractivity contribution < 1.29 is 14.3 Å². The summed E-state index contributed by atoms with van der Waals surface area (Å²) in [7, 11) is 6.93. The van der Waals surface area contributed by atoms with Gasteiger partial charge in [0.05, 0.1) is 25.5 Å². The number of piperazine rings is 1. The number of rotatable bonds is 8. The van der Waals surface area contributed by atoms with Gasteiger partial charge in [0, 0.05) is 46.8 Å². The van der Waals surface area contributed by atoms with Gasteiger partial charge in [-0.3, -0.25) is 4.79 Å². The number of carbonyl (C=O) groups excluding carboxylic acids is 1. The lowest BCUT2D eigenvalue weighted by Crippen LogP contribution is -2.54. The van der Waals surface area contributed by atoms with Crippen LogP contribution < -0.4 is 19.4 Å². The van der Waals surface area contributed by atoms with Crippen molar-refractivity contribution in [3.05, 3.63) is 48.0 Å². The number of amides is 1. The summed E-state index contributed by atoms with van der Waals surface area (Å²) in [6.07, 6.45) is 0.959. The predicted molar refractivity (Wildman–Crippen MR) is 125 cm³/mol. The summed E-state index contributed by atoms with van der Waals surface area (Å²) in [5, 5.41) is 4.56. The van der Waals surface area contributed by atoms with Crippen LogP contribution >= 0.6 is 0 Å². The Labute approximate surface area is 185 Å². The molecule has 1 aliphatic rings. The third-order valence-electron chi connectivity index (χ3n) is 5.57. The molecule has 0 N–H and O–H groups in total. The van der Waals surface area contributed by atoms with Gasteiger partial charge in [-0.1, -0.05) is 25.1 Å². The summed E-state index contributed by atoms with van der Waals surface area (Å²) in [5.74, 6) is 1.58. The molecule has 31 heavy (non-hydrogen) atoms. The van der Waals surface area contributed by atoms with Gasteiger partial charge in [0.15, 0.2) is 0 Å². The van der Waals surface area contributed by atoms with E-state index in [1.54, 1.807) is 33.2 Å². The molecule has 0 aromatic heterocycles. The van der Waals surface area contributed by atoms with E-state index in [4.69, 9.17) is 9.47 Å². The highest BCUT2D eigenvalue weighted by molar-refractivity contribution is 6.01. The molecule has 0 saturated carbocycles. The van der Waals surface area contributed by atoms with Crippen molar-refractivity contribution in [3.8, 4) is 11.5 Å². The van der Waals surface area contributed by atoms with Gasteiger partial charge in [-0.15, -0.1) is 0 Å². The Morgan fingerprint density at radius 1 is 0.935 bits per heavy atom. The summed E-state index contributed by atoms with van der Waals surface area (Å²) in [6, 6.07) is 13.8. The highest BCUT2D eigenvalue weighted by atomic mass is 16.5. The maximum absolute atomic E-state index is 12.9. The Morgan fingerprint density at radius 2 is 1.58 bits per heavy atom. The Balaban J connectivity index is 1.88. The Bertz CT molecular complexity index is 879. The van der Waals surface area contributed by atoms with Crippen LogP contribution in [0.4, 0.5) is 11.4 Å². The van der Waals surface area contributed by atoms with Crippen LogP contribution in [0.5, 0.6) is 11.5 Å². The van der Waals surface area contributed by atoms with E-state index in [9.17, 15) is 4.79 Å². The number of carbonyl (C=O) groups is 1. The first-order valence-electron chi connectivity index (χ1n) is 10.8. The molecule has 1 fully saturated rings. The van der Waals surface area contributed by atoms with Gasteiger partial charge in [-0.2, -0.15) is 0 Å². The molecular formula is C24H34N4O3. The first kappa shape index (κ1) is 22.7. The van der Waals surface area contributed by atoms with Gasteiger partial charge < -0.3 is 24.3 Å². The number of ether oxygens (including phenoxy) is 2. The maximum Gasteiger partial charge on any atom is 0.255 e. The number of nitrogens with zero attached hydrogens (tertiary/aromatic N) is 4. The van der Waals surface area contributed by atoms with Gasteiger partial charge in [0.1, 0.15) is 17.2 Å². The molecule has 0 spiro atoms. The minimum Gasteiger partial charge on any atom is -0.495 e. The molecule has 0 atom stereocenters. The van der Waals surface area contributed by atoms with Crippen LogP contribution in [0.1, 0.15) is 23.7 Å². The van der Waals surface area contributed by atoms with Crippen molar-refractivity contribution in [1.82, 2.24) is 9.91 Å². The summed E-state index contributed by atoms with van der Waals surface area (Å²) in [6.45, 7) is 6.38. The topological polar surface area (TPSA) is 48.5 Å². The summed E-state index contributed by atoms with van der Waals surface area (Å²) in [4.78, 5) is 16.9.